The predicted octanol–water partition coefficient (Wildman–Crippen LogP) is 6.83. The molecule has 0 saturated carbocycles. The second-order valence-corrected chi connectivity index (χ2v) is 12.5. The second kappa shape index (κ2) is 18.4. The smallest absolute Gasteiger partial charge is 0.458 e. The van der Waals surface area contributed by atoms with Crippen molar-refractivity contribution in [2.45, 2.75) is 116 Å². The van der Waals surface area contributed by atoms with E-state index in [1.165, 1.54) is 84.0 Å². The van der Waals surface area contributed by atoms with Crippen molar-refractivity contribution in [1.29, 1.82) is 0 Å². The first-order valence-electron chi connectivity index (χ1n) is 14.9. The van der Waals surface area contributed by atoms with Crippen LogP contribution < -0.4 is 0 Å². The summed E-state index contributed by atoms with van der Waals surface area (Å²) in [5.41, 5.74) is 0.879. The summed E-state index contributed by atoms with van der Waals surface area (Å²) < 4.78 is 34.7. The summed E-state index contributed by atoms with van der Waals surface area (Å²) in [4.78, 5) is 21.7. The highest BCUT2D eigenvalue weighted by Gasteiger charge is 2.41. The fourth-order valence-electron chi connectivity index (χ4n) is 5.11. The van der Waals surface area contributed by atoms with Crippen molar-refractivity contribution in [3.8, 4) is 0 Å². The Morgan fingerprint density at radius 3 is 2.13 bits per heavy atom. The van der Waals surface area contributed by atoms with E-state index in [0.29, 0.717) is 17.6 Å². The maximum absolute atomic E-state index is 12.5. The van der Waals surface area contributed by atoms with Crippen molar-refractivity contribution >= 4 is 13.8 Å². The van der Waals surface area contributed by atoms with Gasteiger partial charge in [0.2, 0.25) is 0 Å². The van der Waals surface area contributed by atoms with E-state index in [2.05, 4.69) is 6.92 Å². The third-order valence-corrected chi connectivity index (χ3v) is 8.21. The average Bonchev–Trinajstić information content (AvgIpc) is 3.07. The van der Waals surface area contributed by atoms with E-state index in [1.807, 2.05) is 25.4 Å². The van der Waals surface area contributed by atoms with Gasteiger partial charge >= 0.3 is 13.8 Å². The Bertz CT molecular complexity index is 787. The Balaban J connectivity index is 1.50. The molecule has 1 N–H and O–H groups in total. The van der Waals surface area contributed by atoms with Gasteiger partial charge in [0.05, 0.1) is 20.3 Å². The molecule has 2 heterocycles. The van der Waals surface area contributed by atoms with E-state index in [9.17, 15) is 14.3 Å². The Morgan fingerprint density at radius 2 is 1.58 bits per heavy atom. The first kappa shape index (κ1) is 33.2. The molecule has 2 aliphatic heterocycles. The van der Waals surface area contributed by atoms with Crippen molar-refractivity contribution < 1.29 is 37.3 Å². The SMILES string of the molecule is CCCCCCCCCCCCCCCCOCC(COP(=O)(O)OC1C[N+]2(C)C=C1C=CC2)OC(C)=O. The van der Waals surface area contributed by atoms with Gasteiger partial charge in [0.15, 0.2) is 0 Å². The number of fused-ring (bicyclic) bond motifs is 1. The van der Waals surface area contributed by atoms with Crippen molar-refractivity contribution in [1.82, 2.24) is 0 Å². The average molecular weight is 559 g/mol. The number of rotatable bonds is 23. The number of hydrogen-bond acceptors (Lipinski definition) is 6. The van der Waals surface area contributed by atoms with Gasteiger partial charge in [-0.25, -0.2) is 4.57 Å². The summed E-state index contributed by atoms with van der Waals surface area (Å²) in [6.45, 7) is 5.37. The maximum Gasteiger partial charge on any atom is 0.473 e. The van der Waals surface area contributed by atoms with E-state index in [0.717, 1.165) is 25.0 Å². The quantitative estimate of drug-likeness (QED) is 0.0636. The summed E-state index contributed by atoms with van der Waals surface area (Å²) in [6.07, 6.45) is 22.9. The highest BCUT2D eigenvalue weighted by Crippen LogP contribution is 2.47. The molecule has 38 heavy (non-hydrogen) atoms. The van der Waals surface area contributed by atoms with Crippen LogP contribution in [0, 0.1) is 0 Å². The van der Waals surface area contributed by atoms with E-state index < -0.39 is 26.0 Å². The van der Waals surface area contributed by atoms with E-state index in [4.69, 9.17) is 18.5 Å². The lowest BCUT2D eigenvalue weighted by molar-refractivity contribution is -0.850. The largest absolute Gasteiger partial charge is 0.473 e. The lowest BCUT2D eigenvalue weighted by atomic mass is 10.0. The van der Waals surface area contributed by atoms with E-state index in [-0.39, 0.29) is 13.2 Å². The third-order valence-electron chi connectivity index (χ3n) is 7.21. The van der Waals surface area contributed by atoms with Gasteiger partial charge in [-0.2, -0.15) is 0 Å². The minimum Gasteiger partial charge on any atom is -0.458 e. The zero-order valence-corrected chi connectivity index (χ0v) is 25.0. The topological polar surface area (TPSA) is 91.3 Å². The zero-order valence-electron chi connectivity index (χ0n) is 24.1. The molecule has 2 aliphatic rings. The van der Waals surface area contributed by atoms with Gasteiger partial charge in [0.25, 0.3) is 0 Å². The number of ether oxygens (including phenoxy) is 2. The maximum atomic E-state index is 12.5. The van der Waals surface area contributed by atoms with Crippen molar-refractivity contribution in [2.24, 2.45) is 0 Å². The molecule has 0 radical (unpaired) electrons. The normalized spacial score (nSPS) is 22.7. The Morgan fingerprint density at radius 1 is 1.00 bits per heavy atom. The second-order valence-electron chi connectivity index (χ2n) is 11.1. The van der Waals surface area contributed by atoms with Crippen LogP contribution in [0.15, 0.2) is 23.9 Å². The van der Waals surface area contributed by atoms with Crippen LogP contribution in [0.3, 0.4) is 0 Å². The molecule has 0 aromatic heterocycles. The number of phosphoric ester groups is 1. The molecule has 0 amide bonds. The summed E-state index contributed by atoms with van der Waals surface area (Å²) in [5.74, 6) is -0.488. The minimum atomic E-state index is -4.33. The molecule has 4 unspecified atom stereocenters. The number of carbonyl (C=O) groups excluding carboxylic acids is 1. The fraction of sp³-hybridized carbons (Fsp3) is 0.828. The van der Waals surface area contributed by atoms with Gasteiger partial charge < -0.3 is 14.4 Å². The molecular weight excluding hydrogens is 505 g/mol. The Hall–Kier alpha value is -1.02. The van der Waals surface area contributed by atoms with Crippen molar-refractivity contribution in [2.75, 3.05) is 40.0 Å². The van der Waals surface area contributed by atoms with Gasteiger partial charge in [-0.1, -0.05) is 90.4 Å². The molecule has 4 atom stereocenters. The molecule has 0 spiro atoms. The molecule has 0 aromatic carbocycles. The standard InChI is InChI=1S/C29H52NO7P/c1-4-5-6-7-8-9-10-11-12-13-14-15-16-17-21-34-24-28(36-26(2)31)25-35-38(32,33)37-29-23-30(3)20-18-19-27(29)22-30/h18-19,22,28-29H,4-17,20-21,23-25H2,1-3H3/p+1. The molecule has 2 bridgehead atoms. The highest BCUT2D eigenvalue weighted by atomic mass is 31.2. The number of carbonyl (C=O) groups is 1. The first-order valence-corrected chi connectivity index (χ1v) is 16.4. The molecular formula is C29H53NO7P+. The van der Waals surface area contributed by atoms with Crippen LogP contribution in [0.25, 0.3) is 0 Å². The van der Waals surface area contributed by atoms with Gasteiger partial charge in [-0.3, -0.25) is 18.3 Å². The fourth-order valence-corrected chi connectivity index (χ4v) is 6.04. The molecule has 0 aromatic rings. The monoisotopic (exact) mass is 558 g/mol. The van der Waals surface area contributed by atoms with Crippen LogP contribution in [0.5, 0.6) is 0 Å². The number of phosphoric acid groups is 1. The molecule has 0 saturated heterocycles. The molecule has 0 fully saturated rings. The van der Waals surface area contributed by atoms with Crippen molar-refractivity contribution in [3.63, 3.8) is 0 Å². The predicted molar refractivity (Wildman–Crippen MR) is 150 cm³/mol. The third kappa shape index (κ3) is 14.4. The lowest BCUT2D eigenvalue weighted by Crippen LogP contribution is -2.39. The summed E-state index contributed by atoms with van der Waals surface area (Å²) in [6, 6.07) is 0. The van der Waals surface area contributed by atoms with Crippen LogP contribution >= 0.6 is 7.82 Å². The summed E-state index contributed by atoms with van der Waals surface area (Å²) >= 11 is 0. The summed E-state index contributed by atoms with van der Waals surface area (Å²) in [5, 5.41) is 0. The molecule has 9 heteroatoms. The molecule has 220 valence electrons. The van der Waals surface area contributed by atoms with Crippen LogP contribution in [0.2, 0.25) is 0 Å². The number of unbranched alkanes of at least 4 members (excludes halogenated alkanes) is 13. The Labute approximate surface area is 230 Å². The molecule has 8 nitrogen and oxygen atoms in total. The van der Waals surface area contributed by atoms with Gasteiger partial charge in [-0.15, -0.1) is 0 Å². The number of hydrogen-bond donors (Lipinski definition) is 1. The first-order chi connectivity index (χ1) is 18.2. The minimum absolute atomic E-state index is 0.115. The number of esters is 1. The number of nitrogens with zero attached hydrogens (tertiary/aromatic N) is 1. The van der Waals surface area contributed by atoms with Crippen LogP contribution in [-0.4, -0.2) is 67.5 Å². The highest BCUT2D eigenvalue weighted by molar-refractivity contribution is 7.47. The van der Waals surface area contributed by atoms with Gasteiger partial charge in [-0.05, 0) is 18.6 Å². The van der Waals surface area contributed by atoms with Crippen molar-refractivity contribution in [3.05, 3.63) is 23.9 Å². The van der Waals surface area contributed by atoms with Gasteiger partial charge in [0, 0.05) is 19.1 Å². The number of quaternary nitrogens is 1. The van der Waals surface area contributed by atoms with E-state index >= 15 is 0 Å². The van der Waals surface area contributed by atoms with Crippen LogP contribution in [-0.2, 0) is 27.9 Å². The number of likely N-dealkylation sites (N-methyl/N-ethyl adjacent to an activating group) is 1. The lowest BCUT2D eigenvalue weighted by Gasteiger charge is -2.26. The summed E-state index contributed by atoms with van der Waals surface area (Å²) in [7, 11) is -2.28. The van der Waals surface area contributed by atoms with Gasteiger partial charge in [0.1, 0.15) is 31.5 Å². The molecule has 0 aliphatic carbocycles. The molecule has 2 rings (SSSR count). The van der Waals surface area contributed by atoms with Crippen LogP contribution in [0.1, 0.15) is 104 Å². The zero-order chi connectivity index (χ0) is 27.7. The van der Waals surface area contributed by atoms with Crippen LogP contribution in [0.4, 0.5) is 0 Å². The van der Waals surface area contributed by atoms with E-state index in [1.54, 1.807) is 0 Å². The Kier molecular flexibility index (Phi) is 16.0.